The zero-order valence-corrected chi connectivity index (χ0v) is 12.5. The Labute approximate surface area is 118 Å². The van der Waals surface area contributed by atoms with Crippen LogP contribution < -0.4 is 4.72 Å². The number of hydrogen-bond donors (Lipinski definition) is 1. The second-order valence-electron chi connectivity index (χ2n) is 5.48. The van der Waals surface area contributed by atoms with Crippen LogP contribution in [0.1, 0.15) is 36.9 Å². The van der Waals surface area contributed by atoms with Crippen LogP contribution in [0.25, 0.3) is 11.0 Å². The maximum atomic E-state index is 12.4. The SMILES string of the molecule is Cc1cc2onc(C)c2cc1NS(=O)(=O)C1CCCC1. The molecule has 0 atom stereocenters. The van der Waals surface area contributed by atoms with E-state index in [1.807, 2.05) is 26.0 Å². The lowest BCUT2D eigenvalue weighted by molar-refractivity contribution is 0.450. The number of hydrogen-bond acceptors (Lipinski definition) is 4. The van der Waals surface area contributed by atoms with Crippen LogP contribution in [-0.2, 0) is 10.0 Å². The molecular formula is C14H18N2O3S. The maximum Gasteiger partial charge on any atom is 0.235 e. The predicted octanol–water partition coefficient (Wildman–Crippen LogP) is 3.13. The third kappa shape index (κ3) is 2.28. The fourth-order valence-electron chi connectivity index (χ4n) is 2.75. The van der Waals surface area contributed by atoms with Gasteiger partial charge in [-0.05, 0) is 44.4 Å². The van der Waals surface area contributed by atoms with Crippen molar-refractivity contribution in [2.75, 3.05) is 4.72 Å². The van der Waals surface area contributed by atoms with Crippen molar-refractivity contribution >= 4 is 26.7 Å². The average Bonchev–Trinajstić information content (AvgIpc) is 3.02. The minimum Gasteiger partial charge on any atom is -0.356 e. The summed E-state index contributed by atoms with van der Waals surface area (Å²) < 4.78 is 32.7. The van der Waals surface area contributed by atoms with Gasteiger partial charge in [-0.25, -0.2) is 8.42 Å². The van der Waals surface area contributed by atoms with Crippen molar-refractivity contribution in [3.05, 3.63) is 23.4 Å². The van der Waals surface area contributed by atoms with Crippen molar-refractivity contribution in [1.82, 2.24) is 5.16 Å². The predicted molar refractivity (Wildman–Crippen MR) is 78.3 cm³/mol. The van der Waals surface area contributed by atoms with Gasteiger partial charge in [0.15, 0.2) is 5.58 Å². The topological polar surface area (TPSA) is 72.2 Å². The van der Waals surface area contributed by atoms with E-state index in [-0.39, 0.29) is 5.25 Å². The second kappa shape index (κ2) is 4.77. The molecule has 3 rings (SSSR count). The van der Waals surface area contributed by atoms with Gasteiger partial charge in [0.25, 0.3) is 0 Å². The standard InChI is InChI=1S/C14H18N2O3S/c1-9-7-14-12(10(2)15-19-14)8-13(9)16-20(17,18)11-5-3-4-6-11/h7-8,11,16H,3-6H2,1-2H3. The average molecular weight is 294 g/mol. The van der Waals surface area contributed by atoms with Gasteiger partial charge >= 0.3 is 0 Å². The third-order valence-electron chi connectivity index (χ3n) is 3.99. The molecule has 1 saturated carbocycles. The van der Waals surface area contributed by atoms with Crippen LogP contribution in [0.15, 0.2) is 16.7 Å². The summed E-state index contributed by atoms with van der Waals surface area (Å²) in [5.41, 5.74) is 2.91. The largest absolute Gasteiger partial charge is 0.356 e. The molecule has 1 aliphatic carbocycles. The van der Waals surface area contributed by atoms with E-state index in [0.29, 0.717) is 11.3 Å². The molecule has 2 aromatic rings. The Morgan fingerprint density at radius 2 is 1.95 bits per heavy atom. The Morgan fingerprint density at radius 3 is 2.65 bits per heavy atom. The Bertz CT molecular complexity index is 743. The first-order chi connectivity index (χ1) is 9.47. The quantitative estimate of drug-likeness (QED) is 0.944. The molecule has 1 aromatic carbocycles. The van der Waals surface area contributed by atoms with Crippen LogP contribution in [0, 0.1) is 13.8 Å². The Hall–Kier alpha value is -1.56. The minimum atomic E-state index is -3.30. The molecule has 0 saturated heterocycles. The molecule has 1 heterocycles. The van der Waals surface area contributed by atoms with Gasteiger partial charge in [0.1, 0.15) is 0 Å². The maximum absolute atomic E-state index is 12.4. The highest BCUT2D eigenvalue weighted by Crippen LogP contribution is 2.30. The van der Waals surface area contributed by atoms with Crippen molar-refractivity contribution in [2.24, 2.45) is 0 Å². The fourth-order valence-corrected chi connectivity index (χ4v) is 4.40. The zero-order chi connectivity index (χ0) is 14.3. The highest BCUT2D eigenvalue weighted by atomic mass is 32.2. The highest BCUT2D eigenvalue weighted by molar-refractivity contribution is 7.93. The van der Waals surface area contributed by atoms with E-state index in [0.717, 1.165) is 42.3 Å². The number of nitrogens with one attached hydrogen (secondary N) is 1. The summed E-state index contributed by atoms with van der Waals surface area (Å²) in [4.78, 5) is 0. The van der Waals surface area contributed by atoms with Crippen molar-refractivity contribution in [3.63, 3.8) is 0 Å². The molecule has 20 heavy (non-hydrogen) atoms. The van der Waals surface area contributed by atoms with Crippen LogP contribution in [0.4, 0.5) is 5.69 Å². The zero-order valence-electron chi connectivity index (χ0n) is 11.6. The first-order valence-corrected chi connectivity index (χ1v) is 8.40. The van der Waals surface area contributed by atoms with E-state index in [4.69, 9.17) is 4.52 Å². The van der Waals surface area contributed by atoms with Gasteiger partial charge < -0.3 is 4.52 Å². The highest BCUT2D eigenvalue weighted by Gasteiger charge is 2.29. The van der Waals surface area contributed by atoms with Crippen molar-refractivity contribution < 1.29 is 12.9 Å². The lowest BCUT2D eigenvalue weighted by atomic mass is 10.1. The summed E-state index contributed by atoms with van der Waals surface area (Å²) in [6.45, 7) is 3.71. The van der Waals surface area contributed by atoms with Gasteiger partial charge in [0.05, 0.1) is 16.6 Å². The van der Waals surface area contributed by atoms with E-state index in [1.54, 1.807) is 0 Å². The summed E-state index contributed by atoms with van der Waals surface area (Å²) >= 11 is 0. The number of aromatic nitrogens is 1. The number of nitrogens with zero attached hydrogens (tertiary/aromatic N) is 1. The van der Waals surface area contributed by atoms with Crippen LogP contribution in [0.5, 0.6) is 0 Å². The molecular weight excluding hydrogens is 276 g/mol. The van der Waals surface area contributed by atoms with Gasteiger partial charge in [-0.2, -0.15) is 0 Å². The lowest BCUT2D eigenvalue weighted by Crippen LogP contribution is -2.25. The van der Waals surface area contributed by atoms with Crippen molar-refractivity contribution in [2.45, 2.75) is 44.8 Å². The smallest absolute Gasteiger partial charge is 0.235 e. The number of benzene rings is 1. The van der Waals surface area contributed by atoms with E-state index < -0.39 is 10.0 Å². The molecule has 5 nitrogen and oxygen atoms in total. The number of anilines is 1. The molecule has 1 N–H and O–H groups in total. The number of aryl methyl sites for hydroxylation is 2. The summed E-state index contributed by atoms with van der Waals surface area (Å²) in [5, 5.41) is 4.48. The van der Waals surface area contributed by atoms with Crippen LogP contribution in [0.3, 0.4) is 0 Å². The minimum absolute atomic E-state index is 0.263. The van der Waals surface area contributed by atoms with E-state index in [2.05, 4.69) is 9.88 Å². The molecule has 1 aromatic heterocycles. The van der Waals surface area contributed by atoms with Crippen LogP contribution >= 0.6 is 0 Å². The molecule has 0 radical (unpaired) electrons. The Morgan fingerprint density at radius 1 is 1.25 bits per heavy atom. The van der Waals surface area contributed by atoms with Crippen molar-refractivity contribution in [3.8, 4) is 0 Å². The summed E-state index contributed by atoms with van der Waals surface area (Å²) in [6.07, 6.45) is 3.49. The van der Waals surface area contributed by atoms with E-state index >= 15 is 0 Å². The molecule has 0 spiro atoms. The molecule has 0 bridgehead atoms. The van der Waals surface area contributed by atoms with Gasteiger partial charge in [-0.1, -0.05) is 18.0 Å². The lowest BCUT2D eigenvalue weighted by Gasteiger charge is -2.15. The van der Waals surface area contributed by atoms with Gasteiger partial charge in [-0.15, -0.1) is 0 Å². The molecule has 0 unspecified atom stereocenters. The van der Waals surface area contributed by atoms with Crippen molar-refractivity contribution in [1.29, 1.82) is 0 Å². The van der Waals surface area contributed by atoms with Gasteiger partial charge in [-0.3, -0.25) is 4.72 Å². The molecule has 6 heteroatoms. The summed E-state index contributed by atoms with van der Waals surface area (Å²) in [6, 6.07) is 3.63. The van der Waals surface area contributed by atoms with E-state index in [1.165, 1.54) is 0 Å². The van der Waals surface area contributed by atoms with Gasteiger partial charge in [0.2, 0.25) is 10.0 Å². The molecule has 0 aliphatic heterocycles. The third-order valence-corrected chi connectivity index (χ3v) is 5.84. The molecule has 108 valence electrons. The molecule has 0 amide bonds. The van der Waals surface area contributed by atoms with E-state index in [9.17, 15) is 8.42 Å². The molecule has 1 fully saturated rings. The fraction of sp³-hybridized carbons (Fsp3) is 0.500. The number of rotatable bonds is 3. The van der Waals surface area contributed by atoms with Gasteiger partial charge in [0, 0.05) is 5.39 Å². The summed E-state index contributed by atoms with van der Waals surface area (Å²) in [7, 11) is -3.30. The van der Waals surface area contributed by atoms with Crippen LogP contribution in [-0.4, -0.2) is 18.8 Å². The molecule has 1 aliphatic rings. The number of fused-ring (bicyclic) bond motifs is 1. The first-order valence-electron chi connectivity index (χ1n) is 6.85. The van der Waals surface area contributed by atoms with Crippen LogP contribution in [0.2, 0.25) is 0 Å². The Balaban J connectivity index is 1.97. The first kappa shape index (κ1) is 13.4. The normalized spacial score (nSPS) is 16.9. The summed E-state index contributed by atoms with van der Waals surface area (Å²) in [5.74, 6) is 0. The number of sulfonamides is 1. The second-order valence-corrected chi connectivity index (χ2v) is 7.45. The Kier molecular flexibility index (Phi) is 3.20. The monoisotopic (exact) mass is 294 g/mol.